The summed E-state index contributed by atoms with van der Waals surface area (Å²) >= 11 is 4.03. The summed E-state index contributed by atoms with van der Waals surface area (Å²) < 4.78 is 11.7. The number of hydrogen-bond acceptors (Lipinski definition) is 5. The second-order valence-corrected chi connectivity index (χ2v) is 7.67. The summed E-state index contributed by atoms with van der Waals surface area (Å²) in [5.41, 5.74) is 1.09. The van der Waals surface area contributed by atoms with E-state index in [9.17, 15) is 14.9 Å². The summed E-state index contributed by atoms with van der Waals surface area (Å²) in [5, 5.41) is 20.8. The Morgan fingerprint density at radius 1 is 1.21 bits per heavy atom. The van der Waals surface area contributed by atoms with Gasteiger partial charge in [-0.25, -0.2) is 4.79 Å². The highest BCUT2D eigenvalue weighted by atomic mass is 127. The van der Waals surface area contributed by atoms with E-state index in [1.165, 1.54) is 6.08 Å². The molecule has 2 rings (SSSR count). The average Bonchev–Trinajstić information content (AvgIpc) is 2.65. The van der Waals surface area contributed by atoms with Crippen molar-refractivity contribution < 1.29 is 24.2 Å². The van der Waals surface area contributed by atoms with Gasteiger partial charge < -0.3 is 19.9 Å². The lowest BCUT2D eigenvalue weighted by Gasteiger charge is -2.10. The van der Waals surface area contributed by atoms with E-state index in [-0.39, 0.29) is 5.57 Å². The van der Waals surface area contributed by atoms with Gasteiger partial charge in [-0.2, -0.15) is 5.26 Å². The highest BCUT2D eigenvalue weighted by Gasteiger charge is 2.13. The number of carbonyl (C=O) groups excluding carboxylic acids is 1. The van der Waals surface area contributed by atoms with Gasteiger partial charge in [0.15, 0.2) is 6.61 Å². The van der Waals surface area contributed by atoms with Gasteiger partial charge in [-0.05, 0) is 93.2 Å². The maximum Gasteiger partial charge on any atom is 0.341 e. The molecule has 0 aliphatic rings. The third kappa shape index (κ3) is 6.10. The summed E-state index contributed by atoms with van der Waals surface area (Å²) in [7, 11) is 1.55. The van der Waals surface area contributed by atoms with E-state index in [0.29, 0.717) is 29.9 Å². The highest BCUT2D eigenvalue weighted by molar-refractivity contribution is 14.1. The lowest BCUT2D eigenvalue weighted by molar-refractivity contribution is -0.139. The molecule has 0 saturated carbocycles. The average molecular weight is 604 g/mol. The van der Waals surface area contributed by atoms with Gasteiger partial charge in [-0.15, -0.1) is 0 Å². The Morgan fingerprint density at radius 3 is 2.32 bits per heavy atom. The molecule has 0 aliphatic heterocycles. The largest absolute Gasteiger partial charge is 0.497 e. The normalized spacial score (nSPS) is 10.7. The van der Waals surface area contributed by atoms with E-state index in [0.717, 1.165) is 0 Å². The number of methoxy groups -OCH3 is 1. The summed E-state index contributed by atoms with van der Waals surface area (Å²) in [5.74, 6) is -0.508. The maximum atomic E-state index is 12.4. The molecule has 0 saturated heterocycles. The minimum Gasteiger partial charge on any atom is -0.497 e. The van der Waals surface area contributed by atoms with Gasteiger partial charge >= 0.3 is 5.97 Å². The third-order valence-corrected chi connectivity index (χ3v) is 4.99. The third-order valence-electron chi connectivity index (χ3n) is 3.38. The zero-order valence-electron chi connectivity index (χ0n) is 14.5. The Balaban J connectivity index is 2.21. The van der Waals surface area contributed by atoms with Crippen molar-refractivity contribution in [1.82, 2.24) is 0 Å². The molecule has 2 aromatic rings. The minimum atomic E-state index is -1.07. The van der Waals surface area contributed by atoms with Crippen LogP contribution in [0.5, 0.6) is 11.5 Å². The van der Waals surface area contributed by atoms with Gasteiger partial charge in [0, 0.05) is 5.69 Å². The molecule has 2 N–H and O–H groups in total. The lowest BCUT2D eigenvalue weighted by atomic mass is 10.1. The zero-order chi connectivity index (χ0) is 20.7. The van der Waals surface area contributed by atoms with E-state index in [1.807, 2.05) is 51.3 Å². The van der Waals surface area contributed by atoms with Crippen LogP contribution < -0.4 is 14.8 Å². The van der Waals surface area contributed by atoms with Crippen molar-refractivity contribution in [3.63, 3.8) is 0 Å². The molecule has 2 aromatic carbocycles. The number of aliphatic carboxylic acids is 1. The first kappa shape index (κ1) is 22.0. The molecular weight excluding hydrogens is 590 g/mol. The molecule has 9 heteroatoms. The van der Waals surface area contributed by atoms with Crippen LogP contribution in [0.4, 0.5) is 5.69 Å². The fraction of sp³-hybridized carbons (Fsp3) is 0.105. The fourth-order valence-corrected chi connectivity index (χ4v) is 4.25. The predicted octanol–water partition coefficient (Wildman–Crippen LogP) is 3.91. The molecule has 0 atom stereocenters. The number of benzene rings is 2. The van der Waals surface area contributed by atoms with Crippen LogP contribution in [-0.4, -0.2) is 30.7 Å². The Bertz CT molecular complexity index is 942. The van der Waals surface area contributed by atoms with Gasteiger partial charge in [-0.1, -0.05) is 0 Å². The Kier molecular flexibility index (Phi) is 8.06. The van der Waals surface area contributed by atoms with Gasteiger partial charge in [0.05, 0.1) is 14.3 Å². The van der Waals surface area contributed by atoms with Crippen LogP contribution >= 0.6 is 45.2 Å². The monoisotopic (exact) mass is 604 g/mol. The topological polar surface area (TPSA) is 109 Å². The van der Waals surface area contributed by atoms with E-state index < -0.39 is 18.5 Å². The first-order chi connectivity index (χ1) is 13.3. The number of nitrogens with one attached hydrogen (secondary N) is 1. The number of amides is 1. The number of anilines is 1. The van der Waals surface area contributed by atoms with Gasteiger partial charge in [0.2, 0.25) is 0 Å². The summed E-state index contributed by atoms with van der Waals surface area (Å²) in [6.07, 6.45) is 1.46. The molecule has 0 unspecified atom stereocenters. The van der Waals surface area contributed by atoms with Gasteiger partial charge in [0.1, 0.15) is 23.1 Å². The van der Waals surface area contributed by atoms with Crippen LogP contribution in [0, 0.1) is 18.5 Å². The molecule has 144 valence electrons. The first-order valence-corrected chi connectivity index (χ1v) is 9.90. The summed E-state index contributed by atoms with van der Waals surface area (Å²) in [6, 6.07) is 12.1. The van der Waals surface area contributed by atoms with Crippen LogP contribution in [-0.2, 0) is 9.59 Å². The van der Waals surface area contributed by atoms with Crippen molar-refractivity contribution in [2.24, 2.45) is 0 Å². The molecule has 0 bridgehead atoms. The SMILES string of the molecule is COc1ccc(NC(=O)/C(C#N)=C\c2cc(I)c(OCC(=O)O)c(I)c2)cc1. The molecule has 0 heterocycles. The molecule has 0 fully saturated rings. The van der Waals surface area contributed by atoms with Crippen LogP contribution in [0.25, 0.3) is 6.08 Å². The minimum absolute atomic E-state index is 0.0679. The molecule has 0 aromatic heterocycles. The Morgan fingerprint density at radius 2 is 1.82 bits per heavy atom. The predicted molar refractivity (Wildman–Crippen MR) is 120 cm³/mol. The van der Waals surface area contributed by atoms with Gasteiger partial charge in [-0.3, -0.25) is 4.79 Å². The second kappa shape index (κ2) is 10.3. The first-order valence-electron chi connectivity index (χ1n) is 7.75. The second-order valence-electron chi connectivity index (χ2n) is 5.35. The smallest absolute Gasteiger partial charge is 0.341 e. The van der Waals surface area contributed by atoms with Gasteiger partial charge in [0.25, 0.3) is 5.91 Å². The van der Waals surface area contributed by atoms with Crippen LogP contribution in [0.2, 0.25) is 0 Å². The number of rotatable bonds is 7. The molecule has 0 spiro atoms. The van der Waals surface area contributed by atoms with Crippen LogP contribution in [0.15, 0.2) is 42.0 Å². The molecule has 0 aliphatic carbocycles. The number of halogens is 2. The van der Waals surface area contributed by atoms with Crippen molar-refractivity contribution in [1.29, 1.82) is 5.26 Å². The van der Waals surface area contributed by atoms with E-state index in [2.05, 4.69) is 5.32 Å². The number of hydrogen-bond donors (Lipinski definition) is 2. The fourth-order valence-electron chi connectivity index (χ4n) is 2.12. The summed E-state index contributed by atoms with van der Waals surface area (Å²) in [4.78, 5) is 23.1. The Labute approximate surface area is 188 Å². The van der Waals surface area contributed by atoms with Crippen molar-refractivity contribution in [3.05, 3.63) is 54.7 Å². The van der Waals surface area contributed by atoms with Crippen LogP contribution in [0.3, 0.4) is 0 Å². The number of nitriles is 1. The number of ether oxygens (including phenoxy) is 2. The molecule has 1 amide bonds. The maximum absolute atomic E-state index is 12.4. The van der Waals surface area contributed by atoms with E-state index in [4.69, 9.17) is 14.6 Å². The molecule has 28 heavy (non-hydrogen) atoms. The van der Waals surface area contributed by atoms with Crippen LogP contribution in [0.1, 0.15) is 5.56 Å². The van der Waals surface area contributed by atoms with Crippen molar-refractivity contribution in [3.8, 4) is 17.6 Å². The number of carboxylic acids is 1. The summed E-state index contributed by atoms with van der Waals surface area (Å²) in [6.45, 7) is -0.450. The number of nitrogens with zero attached hydrogens (tertiary/aromatic N) is 1. The van der Waals surface area contributed by atoms with E-state index in [1.54, 1.807) is 43.5 Å². The number of carbonyl (C=O) groups is 2. The van der Waals surface area contributed by atoms with Crippen molar-refractivity contribution in [2.45, 2.75) is 0 Å². The zero-order valence-corrected chi connectivity index (χ0v) is 18.8. The van der Waals surface area contributed by atoms with E-state index >= 15 is 0 Å². The lowest BCUT2D eigenvalue weighted by Crippen LogP contribution is -2.13. The highest BCUT2D eigenvalue weighted by Crippen LogP contribution is 2.30. The quantitative estimate of drug-likeness (QED) is 0.282. The Hall–Kier alpha value is -2.33. The molecular formula is C19H14I2N2O5. The van der Waals surface area contributed by atoms with Crippen molar-refractivity contribution >= 4 is 68.8 Å². The number of carboxylic acid groups (broad SMARTS) is 1. The van der Waals surface area contributed by atoms with Crippen molar-refractivity contribution in [2.75, 3.05) is 19.0 Å². The standard InChI is InChI=1S/C19H14I2N2O5/c1-27-14-4-2-13(3-5-14)23-19(26)12(9-22)6-11-7-15(20)18(16(21)8-11)28-10-17(24)25/h2-8H,10H2,1H3,(H,23,26)(H,24,25)/b12-6-. The molecule has 7 nitrogen and oxygen atoms in total. The molecule has 0 radical (unpaired) electrons.